The summed E-state index contributed by atoms with van der Waals surface area (Å²) in [6.45, 7) is 7.33. The van der Waals surface area contributed by atoms with E-state index in [9.17, 15) is 9.59 Å². The minimum atomic E-state index is 0.0142. The van der Waals surface area contributed by atoms with Crippen LogP contribution in [-0.2, 0) is 0 Å². The standard InChI is InChI=1S/C23H29N3O2/c1-16(2)25(4)23(28)20-11-10-17(3)24-21(20)18-12-14-26(15-13-18)22(27)19-8-6-5-7-9-19/h5-11,16,18H,12-15H2,1-4H3. The fourth-order valence-electron chi connectivity index (χ4n) is 3.61. The molecule has 0 spiro atoms. The van der Waals surface area contributed by atoms with Gasteiger partial charge in [-0.2, -0.15) is 0 Å². The Morgan fingerprint density at radius 1 is 1.07 bits per heavy atom. The molecule has 2 heterocycles. The van der Waals surface area contributed by atoms with E-state index >= 15 is 0 Å². The van der Waals surface area contributed by atoms with Gasteiger partial charge in [-0.15, -0.1) is 0 Å². The Morgan fingerprint density at radius 3 is 2.32 bits per heavy atom. The van der Waals surface area contributed by atoms with Crippen LogP contribution in [0.25, 0.3) is 0 Å². The van der Waals surface area contributed by atoms with Crippen molar-refractivity contribution < 1.29 is 9.59 Å². The molecular weight excluding hydrogens is 350 g/mol. The van der Waals surface area contributed by atoms with Gasteiger partial charge >= 0.3 is 0 Å². The molecule has 0 N–H and O–H groups in total. The van der Waals surface area contributed by atoms with Crippen LogP contribution in [0.4, 0.5) is 0 Å². The first-order valence-corrected chi connectivity index (χ1v) is 9.97. The summed E-state index contributed by atoms with van der Waals surface area (Å²) in [4.78, 5) is 34.0. The highest BCUT2D eigenvalue weighted by Crippen LogP contribution is 2.30. The van der Waals surface area contributed by atoms with Crippen molar-refractivity contribution in [1.29, 1.82) is 0 Å². The van der Waals surface area contributed by atoms with Crippen LogP contribution in [0.15, 0.2) is 42.5 Å². The number of pyridine rings is 1. The lowest BCUT2D eigenvalue weighted by Crippen LogP contribution is -2.39. The Kier molecular flexibility index (Phi) is 6.12. The summed E-state index contributed by atoms with van der Waals surface area (Å²) in [7, 11) is 1.83. The second-order valence-electron chi connectivity index (χ2n) is 7.83. The number of amides is 2. The summed E-state index contributed by atoms with van der Waals surface area (Å²) in [6.07, 6.45) is 1.64. The molecule has 1 aromatic carbocycles. The number of carbonyl (C=O) groups excluding carboxylic acids is 2. The van der Waals surface area contributed by atoms with E-state index in [0.29, 0.717) is 18.7 Å². The lowest BCUT2D eigenvalue weighted by atomic mass is 9.89. The third-order valence-electron chi connectivity index (χ3n) is 5.58. The second kappa shape index (κ2) is 8.55. The quantitative estimate of drug-likeness (QED) is 0.810. The Bertz CT molecular complexity index is 840. The Labute approximate surface area is 167 Å². The summed E-state index contributed by atoms with van der Waals surface area (Å²) in [6, 6.07) is 13.3. The van der Waals surface area contributed by atoms with Crippen LogP contribution in [0.3, 0.4) is 0 Å². The van der Waals surface area contributed by atoms with Gasteiger partial charge in [0, 0.05) is 43.4 Å². The minimum Gasteiger partial charge on any atom is -0.339 e. The average Bonchev–Trinajstić information content (AvgIpc) is 2.72. The fourth-order valence-corrected chi connectivity index (χ4v) is 3.61. The van der Waals surface area contributed by atoms with E-state index in [4.69, 9.17) is 4.98 Å². The molecule has 148 valence electrons. The predicted octanol–water partition coefficient (Wildman–Crippen LogP) is 3.89. The molecule has 0 unspecified atom stereocenters. The number of hydrogen-bond donors (Lipinski definition) is 0. The van der Waals surface area contributed by atoms with Gasteiger partial charge in [0.1, 0.15) is 0 Å². The second-order valence-corrected chi connectivity index (χ2v) is 7.83. The Hall–Kier alpha value is -2.69. The highest BCUT2D eigenvalue weighted by molar-refractivity contribution is 5.96. The molecule has 1 aliphatic rings. The zero-order chi connectivity index (χ0) is 20.3. The molecule has 28 heavy (non-hydrogen) atoms. The molecule has 0 saturated carbocycles. The van der Waals surface area contributed by atoms with E-state index < -0.39 is 0 Å². The van der Waals surface area contributed by atoms with Gasteiger partial charge in [-0.05, 0) is 57.9 Å². The SMILES string of the molecule is Cc1ccc(C(=O)N(C)C(C)C)c(C2CCN(C(=O)c3ccccc3)CC2)n1. The van der Waals surface area contributed by atoms with E-state index in [1.807, 2.05) is 75.2 Å². The van der Waals surface area contributed by atoms with Gasteiger partial charge in [0.05, 0.1) is 11.3 Å². The van der Waals surface area contributed by atoms with Crippen LogP contribution < -0.4 is 0 Å². The van der Waals surface area contributed by atoms with Crippen LogP contribution in [0, 0.1) is 6.92 Å². The predicted molar refractivity (Wildman–Crippen MR) is 111 cm³/mol. The van der Waals surface area contributed by atoms with Crippen molar-refractivity contribution >= 4 is 11.8 Å². The molecular formula is C23H29N3O2. The highest BCUT2D eigenvalue weighted by Gasteiger charge is 2.29. The molecule has 1 fully saturated rings. The van der Waals surface area contributed by atoms with Gasteiger partial charge in [0.2, 0.25) is 0 Å². The van der Waals surface area contributed by atoms with Crippen molar-refractivity contribution in [2.24, 2.45) is 0 Å². The molecule has 0 aliphatic carbocycles. The number of nitrogens with zero attached hydrogens (tertiary/aromatic N) is 3. The van der Waals surface area contributed by atoms with E-state index in [0.717, 1.165) is 29.8 Å². The first kappa shape index (κ1) is 20.1. The van der Waals surface area contributed by atoms with Crippen LogP contribution in [0.1, 0.15) is 64.7 Å². The third-order valence-corrected chi connectivity index (χ3v) is 5.58. The van der Waals surface area contributed by atoms with Crippen molar-refractivity contribution in [3.63, 3.8) is 0 Å². The van der Waals surface area contributed by atoms with Gasteiger partial charge < -0.3 is 9.80 Å². The number of rotatable bonds is 4. The van der Waals surface area contributed by atoms with E-state index in [1.54, 1.807) is 4.90 Å². The zero-order valence-corrected chi connectivity index (χ0v) is 17.2. The number of benzene rings is 1. The van der Waals surface area contributed by atoms with Crippen molar-refractivity contribution in [2.75, 3.05) is 20.1 Å². The number of carbonyl (C=O) groups is 2. The molecule has 5 nitrogen and oxygen atoms in total. The molecule has 2 aromatic rings. The maximum Gasteiger partial charge on any atom is 0.255 e. The number of hydrogen-bond acceptors (Lipinski definition) is 3. The highest BCUT2D eigenvalue weighted by atomic mass is 16.2. The van der Waals surface area contributed by atoms with E-state index in [2.05, 4.69) is 0 Å². The van der Waals surface area contributed by atoms with Crippen molar-refractivity contribution in [1.82, 2.24) is 14.8 Å². The Morgan fingerprint density at radius 2 is 1.71 bits per heavy atom. The number of aryl methyl sites for hydroxylation is 1. The summed E-state index contributed by atoms with van der Waals surface area (Å²) in [5.74, 6) is 0.284. The summed E-state index contributed by atoms with van der Waals surface area (Å²) in [5.41, 5.74) is 3.21. The third kappa shape index (κ3) is 4.24. The Balaban J connectivity index is 1.76. The summed E-state index contributed by atoms with van der Waals surface area (Å²) >= 11 is 0. The molecule has 3 rings (SSSR count). The normalized spacial score (nSPS) is 15.0. The van der Waals surface area contributed by atoms with E-state index in [-0.39, 0.29) is 23.8 Å². The smallest absolute Gasteiger partial charge is 0.255 e. The molecule has 5 heteroatoms. The van der Waals surface area contributed by atoms with E-state index in [1.165, 1.54) is 0 Å². The minimum absolute atomic E-state index is 0.0142. The van der Waals surface area contributed by atoms with Gasteiger partial charge in [0.15, 0.2) is 0 Å². The van der Waals surface area contributed by atoms with Crippen molar-refractivity contribution in [3.05, 3.63) is 65.0 Å². The van der Waals surface area contributed by atoms with Crippen molar-refractivity contribution in [2.45, 2.75) is 45.6 Å². The largest absolute Gasteiger partial charge is 0.339 e. The molecule has 1 aliphatic heterocycles. The van der Waals surface area contributed by atoms with Gasteiger partial charge in [-0.1, -0.05) is 18.2 Å². The lowest BCUT2D eigenvalue weighted by molar-refractivity contribution is 0.0703. The summed E-state index contributed by atoms with van der Waals surface area (Å²) in [5, 5.41) is 0. The zero-order valence-electron chi connectivity index (χ0n) is 17.2. The maximum absolute atomic E-state index is 12.9. The number of likely N-dealkylation sites (tertiary alicyclic amines) is 1. The average molecular weight is 380 g/mol. The first-order valence-electron chi connectivity index (χ1n) is 9.97. The summed E-state index contributed by atoms with van der Waals surface area (Å²) < 4.78 is 0. The molecule has 0 bridgehead atoms. The molecule has 1 aromatic heterocycles. The molecule has 2 amide bonds. The maximum atomic E-state index is 12.9. The number of piperidine rings is 1. The van der Waals surface area contributed by atoms with Gasteiger partial charge in [0.25, 0.3) is 11.8 Å². The van der Waals surface area contributed by atoms with Gasteiger partial charge in [-0.25, -0.2) is 0 Å². The van der Waals surface area contributed by atoms with Gasteiger partial charge in [-0.3, -0.25) is 14.6 Å². The fraction of sp³-hybridized carbons (Fsp3) is 0.435. The lowest BCUT2D eigenvalue weighted by Gasteiger charge is -2.33. The topological polar surface area (TPSA) is 53.5 Å². The van der Waals surface area contributed by atoms with Crippen LogP contribution in [0.5, 0.6) is 0 Å². The number of aromatic nitrogens is 1. The van der Waals surface area contributed by atoms with Crippen molar-refractivity contribution in [3.8, 4) is 0 Å². The monoisotopic (exact) mass is 379 g/mol. The molecule has 0 radical (unpaired) electrons. The van der Waals surface area contributed by atoms with Crippen LogP contribution >= 0.6 is 0 Å². The first-order chi connectivity index (χ1) is 13.4. The van der Waals surface area contributed by atoms with Crippen LogP contribution in [-0.4, -0.2) is 52.8 Å². The molecule has 1 saturated heterocycles. The molecule has 0 atom stereocenters. The van der Waals surface area contributed by atoms with Crippen LogP contribution in [0.2, 0.25) is 0 Å².